The number of fused-ring (bicyclic) bond motifs is 6. The first kappa shape index (κ1) is 23.8. The second kappa shape index (κ2) is 6.44. The van der Waals surface area contributed by atoms with E-state index in [1.807, 2.05) is 6.92 Å². The minimum Gasteiger partial charge on any atom is -0.481 e. The molecule has 192 valence electrons. The summed E-state index contributed by atoms with van der Waals surface area (Å²) in [5.74, 6) is 1.00. The van der Waals surface area contributed by atoms with Crippen LogP contribution in [0.15, 0.2) is 0 Å². The van der Waals surface area contributed by atoms with Crippen molar-refractivity contribution in [3.05, 3.63) is 0 Å². The van der Waals surface area contributed by atoms with Gasteiger partial charge < -0.3 is 14.9 Å². The van der Waals surface area contributed by atoms with Gasteiger partial charge in [0.25, 0.3) is 0 Å². The van der Waals surface area contributed by atoms with E-state index in [-0.39, 0.29) is 44.9 Å². The molecule has 1 saturated heterocycles. The maximum absolute atomic E-state index is 12.3. The number of rotatable bonds is 1. The normalized spacial score (nSPS) is 61.7. The summed E-state index contributed by atoms with van der Waals surface area (Å²) in [5.41, 5.74) is -0.0420. The number of carboxylic acids is 1. The van der Waals surface area contributed by atoms with Crippen molar-refractivity contribution < 1.29 is 19.7 Å². The first-order valence-corrected chi connectivity index (χ1v) is 14.2. The van der Waals surface area contributed by atoms with Crippen LogP contribution in [0.5, 0.6) is 0 Å². The van der Waals surface area contributed by atoms with Gasteiger partial charge in [0.1, 0.15) is 5.60 Å². The highest BCUT2D eigenvalue weighted by Gasteiger charge is 2.81. The molecule has 6 fully saturated rings. The lowest BCUT2D eigenvalue weighted by atomic mass is 9.30. The molecule has 4 nitrogen and oxygen atoms in total. The Kier molecular flexibility index (Phi) is 4.50. The molecule has 6 rings (SSSR count). The van der Waals surface area contributed by atoms with E-state index in [2.05, 4.69) is 41.5 Å². The van der Waals surface area contributed by atoms with Crippen LogP contribution >= 0.6 is 0 Å². The van der Waals surface area contributed by atoms with Crippen LogP contribution in [0.25, 0.3) is 0 Å². The summed E-state index contributed by atoms with van der Waals surface area (Å²) < 4.78 is 6.72. The SMILES string of the molecule is CC1(C)[C@@H](O)CC[C@H]2[C@]3(C)CC[C@@]4(C)[C@@H]5C[C@](C)(C(=O)O)CC[C@]5(C)CC[C@]4(C)[C@H]3C[C@H]3O[C@]321. The van der Waals surface area contributed by atoms with Gasteiger partial charge in [-0.2, -0.15) is 0 Å². The third kappa shape index (κ3) is 2.42. The Hall–Kier alpha value is -0.610. The number of carbonyl (C=O) groups is 1. The number of aliphatic carboxylic acids is 1. The molecule has 4 heteroatoms. The second-order valence-electron chi connectivity index (χ2n) is 15.7. The molecule has 0 aromatic rings. The topological polar surface area (TPSA) is 70.1 Å². The van der Waals surface area contributed by atoms with Gasteiger partial charge in [-0.15, -0.1) is 0 Å². The summed E-state index contributed by atoms with van der Waals surface area (Å²) in [4.78, 5) is 12.3. The quantitative estimate of drug-likeness (QED) is 0.431. The molecule has 0 aromatic carbocycles. The van der Waals surface area contributed by atoms with Crippen LogP contribution in [0.3, 0.4) is 0 Å². The number of hydrogen-bond acceptors (Lipinski definition) is 3. The molecule has 11 atom stereocenters. The molecule has 1 aliphatic heterocycles. The zero-order chi connectivity index (χ0) is 24.7. The fourth-order valence-electron chi connectivity index (χ4n) is 11.6. The molecule has 0 radical (unpaired) electrons. The van der Waals surface area contributed by atoms with Crippen molar-refractivity contribution in [3.8, 4) is 0 Å². The van der Waals surface area contributed by atoms with Crippen LogP contribution in [-0.2, 0) is 9.53 Å². The largest absolute Gasteiger partial charge is 0.481 e. The fourth-order valence-corrected chi connectivity index (χ4v) is 11.6. The first-order valence-electron chi connectivity index (χ1n) is 14.2. The van der Waals surface area contributed by atoms with Crippen molar-refractivity contribution in [1.29, 1.82) is 0 Å². The number of aliphatic hydroxyl groups is 1. The van der Waals surface area contributed by atoms with Gasteiger partial charge in [-0.25, -0.2) is 0 Å². The van der Waals surface area contributed by atoms with Gasteiger partial charge in [-0.3, -0.25) is 4.79 Å². The maximum atomic E-state index is 12.3. The number of ether oxygens (including phenoxy) is 1. The van der Waals surface area contributed by atoms with Gasteiger partial charge in [0.15, 0.2) is 0 Å². The highest BCUT2D eigenvalue weighted by Crippen LogP contribution is 2.81. The van der Waals surface area contributed by atoms with Crippen molar-refractivity contribution in [2.45, 2.75) is 130 Å². The van der Waals surface area contributed by atoms with Gasteiger partial charge in [0.2, 0.25) is 0 Å². The molecule has 1 heterocycles. The third-order valence-corrected chi connectivity index (χ3v) is 14.4. The average Bonchev–Trinajstić information content (AvgIpc) is 3.50. The van der Waals surface area contributed by atoms with Crippen LogP contribution < -0.4 is 0 Å². The standard InChI is InChI=1S/C30H48O4/c1-24(2)21(31)9-8-18-27(5)13-15-29(7)20-17-26(4,23(32)33)11-10-25(20,3)12-14-28(29,6)19(27)16-22-30(18,24)34-22/h18-22,31H,8-17H2,1-7H3,(H,32,33)/t18-,19-,20+,21-,22+,25+,26+,27-,28+,29-,30-/m0/s1. The molecular weight excluding hydrogens is 424 g/mol. The fraction of sp³-hybridized carbons (Fsp3) is 0.967. The minimum absolute atomic E-state index is 0.143. The van der Waals surface area contributed by atoms with Crippen molar-refractivity contribution in [2.24, 2.45) is 50.2 Å². The van der Waals surface area contributed by atoms with Crippen LogP contribution in [0.4, 0.5) is 0 Å². The van der Waals surface area contributed by atoms with E-state index >= 15 is 0 Å². The predicted octanol–water partition coefficient (Wildman–Crippen LogP) is 6.44. The number of aliphatic hydroxyl groups excluding tert-OH is 1. The molecule has 34 heavy (non-hydrogen) atoms. The van der Waals surface area contributed by atoms with E-state index in [1.165, 1.54) is 25.7 Å². The lowest BCUT2D eigenvalue weighted by Crippen LogP contribution is -2.69. The Balaban J connectivity index is 1.41. The van der Waals surface area contributed by atoms with Gasteiger partial charge in [-0.05, 0) is 111 Å². The molecule has 6 aliphatic rings. The average molecular weight is 473 g/mol. The van der Waals surface area contributed by atoms with E-state index < -0.39 is 11.4 Å². The van der Waals surface area contributed by atoms with Gasteiger partial charge in [-0.1, -0.05) is 41.5 Å². The molecule has 0 aromatic heterocycles. The highest BCUT2D eigenvalue weighted by molar-refractivity contribution is 5.74. The Bertz CT molecular complexity index is 929. The molecule has 0 amide bonds. The summed E-state index contributed by atoms with van der Waals surface area (Å²) in [6, 6.07) is 0. The first-order chi connectivity index (χ1) is 15.6. The monoisotopic (exact) mass is 472 g/mol. The zero-order valence-corrected chi connectivity index (χ0v) is 22.7. The Morgan fingerprint density at radius 2 is 1.41 bits per heavy atom. The molecule has 0 unspecified atom stereocenters. The van der Waals surface area contributed by atoms with E-state index in [4.69, 9.17) is 4.74 Å². The van der Waals surface area contributed by atoms with Crippen LogP contribution in [0, 0.1) is 50.2 Å². The van der Waals surface area contributed by atoms with Crippen molar-refractivity contribution >= 4 is 5.97 Å². The zero-order valence-electron chi connectivity index (χ0n) is 22.7. The summed E-state index contributed by atoms with van der Waals surface area (Å²) in [6.07, 6.45) is 10.7. The number of epoxide rings is 1. The van der Waals surface area contributed by atoms with E-state index in [0.29, 0.717) is 17.8 Å². The number of carboxylic acid groups (broad SMARTS) is 1. The Labute approximate surface area is 206 Å². The number of hydrogen-bond donors (Lipinski definition) is 2. The van der Waals surface area contributed by atoms with E-state index in [0.717, 1.165) is 38.5 Å². The highest BCUT2D eigenvalue weighted by atomic mass is 16.6. The third-order valence-electron chi connectivity index (χ3n) is 14.4. The molecule has 2 N–H and O–H groups in total. The second-order valence-corrected chi connectivity index (χ2v) is 15.7. The molecule has 0 bridgehead atoms. The van der Waals surface area contributed by atoms with Crippen LogP contribution in [0.1, 0.15) is 113 Å². The van der Waals surface area contributed by atoms with Crippen LogP contribution in [0.2, 0.25) is 0 Å². The molecular formula is C30H48O4. The summed E-state index contributed by atoms with van der Waals surface area (Å²) in [7, 11) is 0. The Morgan fingerprint density at radius 3 is 2.09 bits per heavy atom. The lowest BCUT2D eigenvalue weighted by molar-refractivity contribution is -0.249. The van der Waals surface area contributed by atoms with Crippen molar-refractivity contribution in [1.82, 2.24) is 0 Å². The summed E-state index contributed by atoms with van der Waals surface area (Å²) >= 11 is 0. The maximum Gasteiger partial charge on any atom is 0.309 e. The molecule has 5 aliphatic carbocycles. The summed E-state index contributed by atoms with van der Waals surface area (Å²) in [6.45, 7) is 16.7. The molecule has 5 saturated carbocycles. The Morgan fingerprint density at radius 1 is 0.794 bits per heavy atom. The van der Waals surface area contributed by atoms with Crippen molar-refractivity contribution in [3.63, 3.8) is 0 Å². The van der Waals surface area contributed by atoms with Crippen molar-refractivity contribution in [2.75, 3.05) is 0 Å². The van der Waals surface area contributed by atoms with E-state index in [9.17, 15) is 15.0 Å². The lowest BCUT2D eigenvalue weighted by Gasteiger charge is -2.73. The summed E-state index contributed by atoms with van der Waals surface area (Å²) in [5, 5.41) is 21.1. The van der Waals surface area contributed by atoms with E-state index in [1.54, 1.807) is 0 Å². The van der Waals surface area contributed by atoms with Crippen LogP contribution in [-0.4, -0.2) is 34.0 Å². The molecule has 1 spiro atoms. The van der Waals surface area contributed by atoms with Gasteiger partial charge in [0, 0.05) is 5.41 Å². The van der Waals surface area contributed by atoms with Gasteiger partial charge in [0.05, 0.1) is 17.6 Å². The smallest absolute Gasteiger partial charge is 0.309 e. The minimum atomic E-state index is -0.595. The predicted molar refractivity (Wildman–Crippen MR) is 132 cm³/mol. The van der Waals surface area contributed by atoms with Gasteiger partial charge >= 0.3 is 5.97 Å².